The zero-order chi connectivity index (χ0) is 59.4. The van der Waals surface area contributed by atoms with Crippen molar-refractivity contribution in [2.24, 2.45) is 16.7 Å². The van der Waals surface area contributed by atoms with Crippen molar-refractivity contribution in [1.82, 2.24) is 5.32 Å². The van der Waals surface area contributed by atoms with Crippen LogP contribution in [0.2, 0.25) is 0 Å². The maximum atomic E-state index is 16.1. The summed E-state index contributed by atoms with van der Waals surface area (Å²) in [5.41, 5.74) is -8.73. The molecule has 2 aromatic rings. The van der Waals surface area contributed by atoms with E-state index in [4.69, 9.17) is 37.9 Å². The summed E-state index contributed by atoms with van der Waals surface area (Å²) in [4.78, 5) is 85.9. The van der Waals surface area contributed by atoms with E-state index in [9.17, 15) is 59.7 Å². The van der Waals surface area contributed by atoms with Crippen molar-refractivity contribution in [2.45, 2.75) is 210 Å². The monoisotopic (exact) mass is 1140 g/mol. The van der Waals surface area contributed by atoms with Crippen LogP contribution in [0.3, 0.4) is 0 Å². The van der Waals surface area contributed by atoms with Crippen molar-refractivity contribution in [2.75, 3.05) is 19.8 Å². The van der Waals surface area contributed by atoms with Crippen molar-refractivity contribution in [3.63, 3.8) is 0 Å². The fourth-order valence-electron chi connectivity index (χ4n) is 12.5. The first kappa shape index (κ1) is 63.2. The van der Waals surface area contributed by atoms with E-state index in [2.05, 4.69) is 5.32 Å². The van der Waals surface area contributed by atoms with Crippen molar-refractivity contribution < 1.29 is 102 Å². The van der Waals surface area contributed by atoms with Gasteiger partial charge >= 0.3 is 30.0 Å². The lowest BCUT2D eigenvalue weighted by Gasteiger charge is -2.67. The van der Waals surface area contributed by atoms with E-state index in [1.54, 1.807) is 83.1 Å². The average molecular weight is 1140 g/mol. The Hall–Kier alpha value is -5.40. The number of amides is 1. The smallest absolute Gasteiger partial charge is 0.408 e. The lowest BCUT2D eigenvalue weighted by Crippen LogP contribution is -2.82. The van der Waals surface area contributed by atoms with Gasteiger partial charge in [0, 0.05) is 38.2 Å². The number of ether oxygens (including phenoxy) is 8. The van der Waals surface area contributed by atoms with Gasteiger partial charge in [0.05, 0.1) is 42.3 Å². The predicted molar refractivity (Wildman–Crippen MR) is 284 cm³/mol. The molecule has 2 bridgehead atoms. The van der Waals surface area contributed by atoms with Gasteiger partial charge in [-0.1, -0.05) is 94.5 Å². The third kappa shape index (κ3) is 13.0. The summed E-state index contributed by atoms with van der Waals surface area (Å²) in [6.45, 7) is 11.3. The third-order valence-corrected chi connectivity index (χ3v) is 17.0. The van der Waals surface area contributed by atoms with Crippen LogP contribution >= 0.6 is 0 Å². The summed E-state index contributed by atoms with van der Waals surface area (Å²) < 4.78 is 47.5. The summed E-state index contributed by atoms with van der Waals surface area (Å²) in [6.07, 6.45) is -14.5. The van der Waals surface area contributed by atoms with Crippen LogP contribution in [-0.4, -0.2) is 175 Å². The first-order chi connectivity index (χ1) is 38.1. The lowest BCUT2D eigenvalue weighted by atomic mass is 9.44. The maximum absolute atomic E-state index is 16.1. The molecule has 22 nitrogen and oxygen atoms in total. The molecule has 5 aliphatic rings. The Bertz CT molecular complexity index is 2590. The van der Waals surface area contributed by atoms with Crippen LogP contribution in [0.4, 0.5) is 4.79 Å². The normalized spacial score (nSPS) is 33.2. The largest absolute Gasteiger partial charge is 0.456 e. The fraction of sp³-hybridized carbons (Fsp3) is 0.661. The average Bonchev–Trinajstić information content (AvgIpc) is 1.95. The van der Waals surface area contributed by atoms with Gasteiger partial charge in [-0.15, -0.1) is 0 Å². The highest BCUT2D eigenvalue weighted by atomic mass is 16.7. The first-order valence-corrected chi connectivity index (χ1v) is 27.9. The van der Waals surface area contributed by atoms with Gasteiger partial charge in [-0.25, -0.2) is 14.4 Å². The molecule has 7 rings (SSSR count). The second-order valence-electron chi connectivity index (χ2n) is 23.8. The number of unbranched alkanes of at least 4 members (excludes halogenated alkanes) is 6. The van der Waals surface area contributed by atoms with E-state index >= 15 is 4.79 Å². The second kappa shape index (κ2) is 25.6. The van der Waals surface area contributed by atoms with E-state index in [1.807, 2.05) is 0 Å². The Balaban J connectivity index is 1.19. The number of ketones is 1. The molecule has 448 valence electrons. The zero-order valence-electron chi connectivity index (χ0n) is 47.3. The Kier molecular flexibility index (Phi) is 20.0. The van der Waals surface area contributed by atoms with E-state index in [0.717, 1.165) is 26.2 Å². The number of hydrogen-bond donors (Lipinski definition) is 8. The number of carbonyl (C=O) groups excluding carboxylic acids is 6. The molecule has 81 heavy (non-hydrogen) atoms. The van der Waals surface area contributed by atoms with E-state index in [0.29, 0.717) is 31.2 Å². The third-order valence-electron chi connectivity index (χ3n) is 17.0. The topological polar surface area (TPSA) is 330 Å². The van der Waals surface area contributed by atoms with Gasteiger partial charge < -0.3 is 79.0 Å². The van der Waals surface area contributed by atoms with Crippen molar-refractivity contribution in [3.05, 3.63) is 82.9 Å². The number of benzene rings is 2. The summed E-state index contributed by atoms with van der Waals surface area (Å²) in [6, 6.07) is 14.4. The van der Waals surface area contributed by atoms with Crippen LogP contribution in [-0.2, 0) is 57.1 Å². The molecule has 0 radical (unpaired) electrons. The van der Waals surface area contributed by atoms with Crippen LogP contribution in [0, 0.1) is 16.7 Å². The molecular weight excluding hydrogens is 1060 g/mol. The number of fused-ring (bicyclic) bond motifs is 5. The number of aliphatic hydroxyl groups is 7. The maximum Gasteiger partial charge on any atom is 0.408 e. The lowest BCUT2D eigenvalue weighted by molar-refractivity contribution is -0.346. The standard InChI is InChI=1S/C59H81NO21/c1-32-36(76-52(71)44(66)42(34-22-16-14-17-23-34)60-54(72)81-55(3,4)5)29-59(73)50(79-51(70)35-24-18-15-19-25-35)48-57(8,38(63)28-39-58(48,31-75-39)80-33(2)62)49(69)47(41(32)56(59,6)7)78-40(64)26-20-12-10-9-11-13-21-27-74-53-46(68)45(67)43(65)37(30-61)77-53/h14-19,22-25,36-39,42-48,50,53,61,63,65-68,73H,9-13,20-21,26-31H2,1-8H3,(H,60,72)/t36-,37+,38-,39+,42-,43+,44+,45-,46-,47+,48-,50-,53-,57+,58-,59+/m0/s1. The van der Waals surface area contributed by atoms with Crippen LogP contribution in [0.1, 0.15) is 142 Å². The molecule has 2 aromatic carbocycles. The highest BCUT2D eigenvalue weighted by Crippen LogP contribution is 2.64. The van der Waals surface area contributed by atoms with E-state index < -0.39 is 156 Å². The van der Waals surface area contributed by atoms with Gasteiger partial charge in [-0.3, -0.25) is 14.4 Å². The van der Waals surface area contributed by atoms with Crippen molar-refractivity contribution in [3.8, 4) is 0 Å². The molecule has 8 N–H and O–H groups in total. The summed E-state index contributed by atoms with van der Waals surface area (Å²) in [5, 5.41) is 80.6. The molecule has 3 aliphatic carbocycles. The number of aliphatic hydroxyl groups excluding tert-OH is 6. The number of alkyl carbamates (subject to hydrolysis) is 1. The highest BCUT2D eigenvalue weighted by molar-refractivity contribution is 5.96. The zero-order valence-corrected chi connectivity index (χ0v) is 47.3. The number of nitrogens with one attached hydrogen (secondary N) is 1. The van der Waals surface area contributed by atoms with Gasteiger partial charge in [0.25, 0.3) is 0 Å². The van der Waals surface area contributed by atoms with E-state index in [-0.39, 0.29) is 42.8 Å². The Morgan fingerprint density at radius 2 is 1.44 bits per heavy atom. The molecule has 1 amide bonds. The number of rotatable bonds is 21. The molecule has 0 aromatic heterocycles. The number of Topliss-reactive ketones (excluding diaryl/α,β-unsaturated/α-hetero) is 1. The van der Waals surface area contributed by atoms with Crippen LogP contribution in [0.15, 0.2) is 71.8 Å². The molecule has 2 aliphatic heterocycles. The molecule has 22 heteroatoms. The quantitative estimate of drug-likeness (QED) is 0.0382. The molecule has 2 heterocycles. The minimum absolute atomic E-state index is 0.0370. The van der Waals surface area contributed by atoms with Gasteiger partial charge in [0.2, 0.25) is 0 Å². The molecule has 4 fully saturated rings. The summed E-state index contributed by atoms with van der Waals surface area (Å²) in [5.74, 6) is -6.39. The van der Waals surface area contributed by atoms with Crippen LogP contribution in [0.5, 0.6) is 0 Å². The molecule has 0 unspecified atom stereocenters. The van der Waals surface area contributed by atoms with Crippen molar-refractivity contribution in [1.29, 1.82) is 0 Å². The highest BCUT2D eigenvalue weighted by Gasteiger charge is 2.78. The Morgan fingerprint density at radius 3 is 2.04 bits per heavy atom. The van der Waals surface area contributed by atoms with Crippen LogP contribution in [0.25, 0.3) is 0 Å². The fourth-order valence-corrected chi connectivity index (χ4v) is 12.5. The molecule has 2 saturated carbocycles. The minimum atomic E-state index is -2.47. The van der Waals surface area contributed by atoms with Gasteiger partial charge in [0.1, 0.15) is 53.9 Å². The number of esters is 4. The summed E-state index contributed by atoms with van der Waals surface area (Å²) >= 11 is 0. The van der Waals surface area contributed by atoms with E-state index in [1.165, 1.54) is 26.0 Å². The SMILES string of the molecule is CC(=O)O[C@@]12CO[C@@H]1C[C@H](O)[C@@]1(C)C(=O)[C@H](OC(=O)CCCCCCCCCO[C@H]3O[C@H](CO)[C@@H](O)[C@H](O)[C@@H]3O)C3=C(C)[C@@H](OC(=O)[C@H](O)[C@@H](NC(=O)OC(C)(C)C)c4ccccc4)C[C@@](O)([C@@H](OC(=O)c4ccccc4)[C@H]21)C3(C)C. The summed E-state index contributed by atoms with van der Waals surface area (Å²) in [7, 11) is 0. The Morgan fingerprint density at radius 1 is 0.827 bits per heavy atom. The number of hydrogen-bond acceptors (Lipinski definition) is 21. The Labute approximate surface area is 471 Å². The molecule has 16 atom stereocenters. The van der Waals surface area contributed by atoms with Gasteiger partial charge in [-0.05, 0) is 76.3 Å². The first-order valence-electron chi connectivity index (χ1n) is 27.9. The molecule has 0 spiro atoms. The van der Waals surface area contributed by atoms with Crippen LogP contribution < -0.4 is 5.32 Å². The molecule has 2 saturated heterocycles. The number of carbonyl (C=O) groups is 6. The molecular formula is C59H81NO21. The second-order valence-corrected chi connectivity index (χ2v) is 23.8. The van der Waals surface area contributed by atoms with Gasteiger partial charge in [-0.2, -0.15) is 0 Å². The predicted octanol–water partition coefficient (Wildman–Crippen LogP) is 3.75. The van der Waals surface area contributed by atoms with Crippen molar-refractivity contribution >= 4 is 35.8 Å². The minimum Gasteiger partial charge on any atom is -0.456 e. The van der Waals surface area contributed by atoms with Gasteiger partial charge in [0.15, 0.2) is 29.9 Å².